The molecule has 1 aliphatic carbocycles. The molecular formula is C19H34ClN5O5. The molecule has 10 nitrogen and oxygen atoms in total. The van der Waals surface area contributed by atoms with Crippen LogP contribution in [0.3, 0.4) is 0 Å². The summed E-state index contributed by atoms with van der Waals surface area (Å²) in [5.74, 6) is 0.202. The fourth-order valence-electron chi connectivity index (χ4n) is 5.29. The first-order valence-electron chi connectivity index (χ1n) is 10.9. The minimum absolute atomic E-state index is 0.000567. The minimum Gasteiger partial charge on any atom is -0.386 e. The fourth-order valence-corrected chi connectivity index (χ4v) is 5.63. The second-order valence-corrected chi connectivity index (χ2v) is 9.61. The summed E-state index contributed by atoms with van der Waals surface area (Å²) in [7, 11) is 0. The van der Waals surface area contributed by atoms with E-state index in [-0.39, 0.29) is 36.3 Å². The lowest BCUT2D eigenvalue weighted by Gasteiger charge is -2.39. The first-order valence-corrected chi connectivity index (χ1v) is 11.3. The standard InChI is InChI=1S/C19H34ClN5O5/c1-19(28)13(8-29-11-4-2-3-10(7-11)24-18(21)27)30-17(14(19)26)25-6-5-12-15(20)22-9-23-16(12)25/h10-17,22-23,26,28H,2-9H2,1H3,(H3,21,24,27)/t10?,11?,12?,13-,14+,15?,16?,17-,19-/m1/s1. The molecule has 172 valence electrons. The van der Waals surface area contributed by atoms with Crippen molar-refractivity contribution >= 4 is 17.6 Å². The number of hydrogen-bond acceptors (Lipinski definition) is 8. The number of rotatable bonds is 5. The van der Waals surface area contributed by atoms with Crippen LogP contribution in [0.15, 0.2) is 0 Å². The number of likely N-dealkylation sites (tertiary alicyclic amines) is 1. The molecule has 0 aromatic rings. The third-order valence-electron chi connectivity index (χ3n) is 7.07. The van der Waals surface area contributed by atoms with Crippen molar-refractivity contribution in [1.29, 1.82) is 0 Å². The van der Waals surface area contributed by atoms with E-state index in [1.165, 1.54) is 0 Å². The zero-order valence-corrected chi connectivity index (χ0v) is 18.1. The number of ether oxygens (including phenoxy) is 2. The van der Waals surface area contributed by atoms with Gasteiger partial charge in [0, 0.05) is 25.2 Å². The highest BCUT2D eigenvalue weighted by atomic mass is 35.5. The average Bonchev–Trinajstić information content (AvgIpc) is 3.21. The topological polar surface area (TPSA) is 141 Å². The number of urea groups is 1. The number of primary amides is 1. The zero-order valence-electron chi connectivity index (χ0n) is 17.3. The number of halogens is 1. The number of hydrogen-bond donors (Lipinski definition) is 6. The van der Waals surface area contributed by atoms with E-state index in [1.807, 2.05) is 0 Å². The third-order valence-corrected chi connectivity index (χ3v) is 7.55. The van der Waals surface area contributed by atoms with Crippen molar-refractivity contribution in [2.24, 2.45) is 11.7 Å². The highest BCUT2D eigenvalue weighted by Gasteiger charge is 2.57. The molecule has 0 aromatic carbocycles. The van der Waals surface area contributed by atoms with E-state index in [4.69, 9.17) is 26.8 Å². The zero-order chi connectivity index (χ0) is 21.5. The van der Waals surface area contributed by atoms with Crippen molar-refractivity contribution in [3.8, 4) is 0 Å². The van der Waals surface area contributed by atoms with Crippen LogP contribution in [-0.4, -0.2) is 88.8 Å². The predicted molar refractivity (Wildman–Crippen MR) is 109 cm³/mol. The normalized spacial score (nSPS) is 47.2. The molecule has 7 N–H and O–H groups in total. The second-order valence-electron chi connectivity index (χ2n) is 9.14. The summed E-state index contributed by atoms with van der Waals surface area (Å²) >= 11 is 6.41. The van der Waals surface area contributed by atoms with Gasteiger partial charge in [-0.2, -0.15) is 0 Å². The van der Waals surface area contributed by atoms with Crippen molar-refractivity contribution in [2.45, 2.75) is 86.9 Å². The molecule has 9 atom stereocenters. The van der Waals surface area contributed by atoms with Gasteiger partial charge in [0.15, 0.2) is 0 Å². The van der Waals surface area contributed by atoms with Crippen LogP contribution in [0.25, 0.3) is 0 Å². The van der Waals surface area contributed by atoms with Crippen LogP contribution in [0, 0.1) is 5.92 Å². The van der Waals surface area contributed by atoms with Gasteiger partial charge in [-0.25, -0.2) is 4.79 Å². The van der Waals surface area contributed by atoms with E-state index in [2.05, 4.69) is 20.9 Å². The van der Waals surface area contributed by atoms with Gasteiger partial charge < -0.3 is 30.7 Å². The summed E-state index contributed by atoms with van der Waals surface area (Å²) in [5.41, 5.74) is 3.66. The largest absolute Gasteiger partial charge is 0.386 e. The van der Waals surface area contributed by atoms with Gasteiger partial charge in [0.2, 0.25) is 0 Å². The minimum atomic E-state index is -1.43. The molecule has 5 unspecified atom stereocenters. The summed E-state index contributed by atoms with van der Waals surface area (Å²) in [4.78, 5) is 13.2. The first kappa shape index (κ1) is 22.5. The van der Waals surface area contributed by atoms with E-state index < -0.39 is 30.1 Å². The Balaban J connectivity index is 1.35. The number of amides is 2. The Morgan fingerprint density at radius 1 is 1.40 bits per heavy atom. The van der Waals surface area contributed by atoms with Gasteiger partial charge in [-0.15, -0.1) is 11.6 Å². The number of fused-ring (bicyclic) bond motifs is 1. The first-order chi connectivity index (χ1) is 14.3. The SMILES string of the molecule is C[C@@]1(O)[C@@H](COC2CCCC(NC(N)=O)C2)O[C@@H](N2CCC3C(Cl)NCNC32)[C@@H]1O. The van der Waals surface area contributed by atoms with Crippen LogP contribution in [0.4, 0.5) is 4.79 Å². The van der Waals surface area contributed by atoms with E-state index in [1.54, 1.807) is 6.92 Å². The molecule has 30 heavy (non-hydrogen) atoms. The van der Waals surface area contributed by atoms with Gasteiger partial charge in [0.05, 0.1) is 24.4 Å². The van der Waals surface area contributed by atoms with Gasteiger partial charge >= 0.3 is 6.03 Å². The number of nitrogens with zero attached hydrogens (tertiary/aromatic N) is 1. The summed E-state index contributed by atoms with van der Waals surface area (Å²) in [5, 5.41) is 31.2. The maximum Gasteiger partial charge on any atom is 0.312 e. The molecule has 2 amide bonds. The van der Waals surface area contributed by atoms with Crippen LogP contribution in [0.1, 0.15) is 39.0 Å². The Labute approximate surface area is 181 Å². The van der Waals surface area contributed by atoms with Crippen LogP contribution in [0.2, 0.25) is 0 Å². The van der Waals surface area contributed by atoms with Crippen molar-refractivity contribution in [2.75, 3.05) is 19.8 Å². The molecule has 4 fully saturated rings. The third kappa shape index (κ3) is 4.42. The van der Waals surface area contributed by atoms with E-state index in [0.29, 0.717) is 13.1 Å². The number of alkyl halides is 1. The molecule has 0 bridgehead atoms. The molecule has 3 heterocycles. The summed E-state index contributed by atoms with van der Waals surface area (Å²) in [6.45, 7) is 3.07. The van der Waals surface area contributed by atoms with Gasteiger partial charge in [-0.1, -0.05) is 0 Å². The Bertz CT molecular complexity index is 628. The van der Waals surface area contributed by atoms with Crippen LogP contribution in [-0.2, 0) is 9.47 Å². The molecule has 0 spiro atoms. The average molecular weight is 448 g/mol. The maximum absolute atomic E-state index is 11.1. The highest BCUT2D eigenvalue weighted by molar-refractivity contribution is 6.20. The molecular weight excluding hydrogens is 414 g/mol. The number of carbonyl (C=O) groups excluding carboxylic acids is 1. The lowest BCUT2D eigenvalue weighted by atomic mass is 9.92. The summed E-state index contributed by atoms with van der Waals surface area (Å²) in [6.07, 6.45) is 1.82. The van der Waals surface area contributed by atoms with E-state index in [9.17, 15) is 15.0 Å². The summed E-state index contributed by atoms with van der Waals surface area (Å²) < 4.78 is 12.2. The molecule has 3 aliphatic heterocycles. The number of nitrogens with one attached hydrogen (secondary N) is 3. The molecule has 4 rings (SSSR count). The van der Waals surface area contributed by atoms with Gasteiger partial charge in [0.25, 0.3) is 0 Å². The molecule has 11 heteroatoms. The van der Waals surface area contributed by atoms with E-state index in [0.717, 1.165) is 32.2 Å². The maximum atomic E-state index is 11.1. The molecule has 0 radical (unpaired) electrons. The Hall–Kier alpha value is -0.720. The smallest absolute Gasteiger partial charge is 0.312 e. The molecule has 0 aromatic heterocycles. The number of aliphatic hydroxyl groups is 2. The second kappa shape index (κ2) is 9.03. The molecule has 4 aliphatic rings. The van der Waals surface area contributed by atoms with Crippen LogP contribution >= 0.6 is 11.6 Å². The number of nitrogens with two attached hydrogens (primary N) is 1. The highest BCUT2D eigenvalue weighted by Crippen LogP contribution is 2.39. The molecule has 1 saturated carbocycles. The number of carbonyl (C=O) groups is 1. The van der Waals surface area contributed by atoms with Crippen molar-refractivity contribution in [3.63, 3.8) is 0 Å². The summed E-state index contributed by atoms with van der Waals surface area (Å²) in [6, 6.07) is -0.524. The fraction of sp³-hybridized carbons (Fsp3) is 0.947. The number of aliphatic hydroxyl groups excluding tert-OH is 1. The van der Waals surface area contributed by atoms with Gasteiger partial charge in [0.1, 0.15) is 24.0 Å². The van der Waals surface area contributed by atoms with Gasteiger partial charge in [-0.3, -0.25) is 15.5 Å². The van der Waals surface area contributed by atoms with Crippen molar-refractivity contribution < 1.29 is 24.5 Å². The Morgan fingerprint density at radius 3 is 2.97 bits per heavy atom. The predicted octanol–water partition coefficient (Wildman–Crippen LogP) is -0.817. The lowest BCUT2D eigenvalue weighted by molar-refractivity contribution is -0.128. The Morgan fingerprint density at radius 2 is 2.20 bits per heavy atom. The van der Waals surface area contributed by atoms with Crippen molar-refractivity contribution in [1.82, 2.24) is 20.9 Å². The quantitative estimate of drug-likeness (QED) is 0.237. The van der Waals surface area contributed by atoms with E-state index >= 15 is 0 Å². The molecule has 3 saturated heterocycles. The monoisotopic (exact) mass is 447 g/mol. The van der Waals surface area contributed by atoms with Crippen LogP contribution < -0.4 is 21.7 Å². The lowest BCUT2D eigenvalue weighted by Crippen LogP contribution is -2.61. The van der Waals surface area contributed by atoms with Crippen molar-refractivity contribution in [3.05, 3.63) is 0 Å². The van der Waals surface area contributed by atoms with Crippen LogP contribution in [0.5, 0.6) is 0 Å². The van der Waals surface area contributed by atoms with Gasteiger partial charge in [-0.05, 0) is 39.0 Å². The Kier molecular flexibility index (Phi) is 6.76.